The van der Waals surface area contributed by atoms with E-state index >= 15 is 0 Å². The molecule has 3 aromatic rings. The summed E-state index contributed by atoms with van der Waals surface area (Å²) >= 11 is 1.53. The van der Waals surface area contributed by atoms with E-state index in [1.165, 1.54) is 11.3 Å². The average molecular weight is 467 g/mol. The van der Waals surface area contributed by atoms with E-state index < -0.39 is 0 Å². The highest BCUT2D eigenvalue weighted by Gasteiger charge is 2.29. The first kappa shape index (κ1) is 22.1. The molecule has 8 nitrogen and oxygen atoms in total. The third-order valence-corrected chi connectivity index (χ3v) is 7.60. The van der Waals surface area contributed by atoms with Gasteiger partial charge in [0.25, 0.3) is 5.91 Å². The third-order valence-electron chi connectivity index (χ3n) is 6.45. The lowest BCUT2D eigenvalue weighted by Crippen LogP contribution is -2.43. The second-order valence-corrected chi connectivity index (χ2v) is 9.61. The number of pyridine rings is 2. The molecule has 0 saturated carbocycles. The first-order valence-corrected chi connectivity index (χ1v) is 12.4. The van der Waals surface area contributed by atoms with Gasteiger partial charge in [0, 0.05) is 63.9 Å². The van der Waals surface area contributed by atoms with Crippen LogP contribution in [-0.4, -0.2) is 73.8 Å². The predicted octanol–water partition coefficient (Wildman–Crippen LogP) is 3.44. The van der Waals surface area contributed by atoms with Gasteiger partial charge in [-0.05, 0) is 37.1 Å². The Bertz CT molecular complexity index is 1120. The van der Waals surface area contributed by atoms with Crippen molar-refractivity contribution in [1.29, 1.82) is 0 Å². The molecule has 2 saturated heterocycles. The second kappa shape index (κ2) is 9.62. The number of thiophene rings is 1. The van der Waals surface area contributed by atoms with Crippen LogP contribution in [0.2, 0.25) is 0 Å². The number of amides is 1. The number of hydrogen-bond acceptors (Lipinski definition) is 8. The summed E-state index contributed by atoms with van der Waals surface area (Å²) in [6.07, 6.45) is 4.71. The standard InChI is InChI=1S/C24H30N6O2S/c1-3-29(2)24(31)23-22(16-6-11-32-15-16)18-12-21(27-14-19(18)33-23)28-20-5-4-17(13-26-20)30-9-7-25-8-10-30/h4-5,12-14,16,25H,3,6-11,15H2,1-2H3,(H,26,27,28). The monoisotopic (exact) mass is 466 g/mol. The van der Waals surface area contributed by atoms with Crippen molar-refractivity contribution in [1.82, 2.24) is 20.2 Å². The summed E-state index contributed by atoms with van der Waals surface area (Å²) in [6, 6.07) is 6.14. The number of rotatable bonds is 6. The number of ether oxygens (including phenoxy) is 1. The van der Waals surface area contributed by atoms with E-state index in [0.717, 1.165) is 77.1 Å². The van der Waals surface area contributed by atoms with Gasteiger partial charge in [0.05, 0.1) is 28.1 Å². The van der Waals surface area contributed by atoms with Crippen molar-refractivity contribution in [2.75, 3.05) is 63.2 Å². The molecular formula is C24H30N6O2S. The van der Waals surface area contributed by atoms with Crippen LogP contribution in [0, 0.1) is 0 Å². The van der Waals surface area contributed by atoms with Gasteiger partial charge in [-0.25, -0.2) is 9.97 Å². The van der Waals surface area contributed by atoms with Crippen molar-refractivity contribution in [2.24, 2.45) is 0 Å². The molecule has 9 heteroatoms. The molecule has 1 unspecified atom stereocenters. The predicted molar refractivity (Wildman–Crippen MR) is 133 cm³/mol. The summed E-state index contributed by atoms with van der Waals surface area (Å²) < 4.78 is 6.69. The Morgan fingerprint density at radius 2 is 2.09 bits per heavy atom. The second-order valence-electron chi connectivity index (χ2n) is 8.55. The quantitative estimate of drug-likeness (QED) is 0.576. The van der Waals surface area contributed by atoms with E-state index in [4.69, 9.17) is 4.74 Å². The fourth-order valence-electron chi connectivity index (χ4n) is 4.43. The topological polar surface area (TPSA) is 82.6 Å². The van der Waals surface area contributed by atoms with Crippen molar-refractivity contribution in [2.45, 2.75) is 19.3 Å². The number of fused-ring (bicyclic) bond motifs is 1. The van der Waals surface area contributed by atoms with Gasteiger partial charge in [0.2, 0.25) is 0 Å². The zero-order valence-corrected chi connectivity index (χ0v) is 20.0. The molecule has 0 spiro atoms. The van der Waals surface area contributed by atoms with Gasteiger partial charge >= 0.3 is 0 Å². The number of piperazine rings is 1. The molecule has 2 fully saturated rings. The summed E-state index contributed by atoms with van der Waals surface area (Å²) in [7, 11) is 1.85. The maximum Gasteiger partial charge on any atom is 0.263 e. The highest BCUT2D eigenvalue weighted by molar-refractivity contribution is 7.21. The van der Waals surface area contributed by atoms with Gasteiger partial charge in [0.15, 0.2) is 0 Å². The number of hydrogen-bond donors (Lipinski definition) is 2. The Kier molecular flexibility index (Phi) is 6.43. The largest absolute Gasteiger partial charge is 0.381 e. The van der Waals surface area contributed by atoms with Crippen LogP contribution in [0.1, 0.15) is 34.5 Å². The summed E-state index contributed by atoms with van der Waals surface area (Å²) in [5.74, 6) is 1.78. The van der Waals surface area contributed by atoms with Gasteiger partial charge < -0.3 is 25.2 Å². The van der Waals surface area contributed by atoms with Crippen LogP contribution in [-0.2, 0) is 4.74 Å². The van der Waals surface area contributed by atoms with Gasteiger partial charge in [0.1, 0.15) is 11.6 Å². The molecule has 33 heavy (non-hydrogen) atoms. The first-order valence-electron chi connectivity index (χ1n) is 11.6. The highest BCUT2D eigenvalue weighted by atomic mass is 32.1. The Hall–Kier alpha value is -2.75. The number of anilines is 3. The van der Waals surface area contributed by atoms with Crippen LogP contribution in [0.4, 0.5) is 17.3 Å². The van der Waals surface area contributed by atoms with Crippen LogP contribution in [0.25, 0.3) is 10.1 Å². The molecule has 0 bridgehead atoms. The Balaban J connectivity index is 1.43. The minimum absolute atomic E-state index is 0.0697. The summed E-state index contributed by atoms with van der Waals surface area (Å²) in [5.41, 5.74) is 2.24. The summed E-state index contributed by atoms with van der Waals surface area (Å²) in [5, 5.41) is 7.80. The fraction of sp³-hybridized carbons (Fsp3) is 0.458. The Morgan fingerprint density at radius 1 is 1.27 bits per heavy atom. The van der Waals surface area contributed by atoms with Gasteiger partial charge in [-0.3, -0.25) is 4.79 Å². The molecule has 174 valence electrons. The zero-order chi connectivity index (χ0) is 22.8. The van der Waals surface area contributed by atoms with Crippen LogP contribution >= 0.6 is 11.3 Å². The van der Waals surface area contributed by atoms with Crippen molar-refractivity contribution >= 4 is 44.7 Å². The number of nitrogens with one attached hydrogen (secondary N) is 2. The van der Waals surface area contributed by atoms with Gasteiger partial charge in [-0.15, -0.1) is 11.3 Å². The number of nitrogens with zero attached hydrogens (tertiary/aromatic N) is 4. The lowest BCUT2D eigenvalue weighted by Gasteiger charge is -2.29. The van der Waals surface area contributed by atoms with Gasteiger partial charge in [-0.2, -0.15) is 0 Å². The molecule has 5 rings (SSSR count). The molecule has 2 aliphatic rings. The van der Waals surface area contributed by atoms with Crippen molar-refractivity contribution < 1.29 is 9.53 Å². The molecule has 1 atom stereocenters. The molecule has 0 aliphatic carbocycles. The van der Waals surface area contributed by atoms with Crippen molar-refractivity contribution in [3.63, 3.8) is 0 Å². The number of carbonyl (C=O) groups excluding carboxylic acids is 1. The van der Waals surface area contributed by atoms with Gasteiger partial charge in [-0.1, -0.05) is 0 Å². The van der Waals surface area contributed by atoms with E-state index in [0.29, 0.717) is 13.2 Å². The molecule has 2 N–H and O–H groups in total. The molecule has 2 aliphatic heterocycles. The number of aromatic nitrogens is 2. The molecular weight excluding hydrogens is 436 g/mol. The smallest absolute Gasteiger partial charge is 0.263 e. The van der Waals surface area contributed by atoms with E-state index in [2.05, 4.69) is 31.6 Å². The maximum absolute atomic E-state index is 13.1. The molecule has 1 amide bonds. The SMILES string of the molecule is CCN(C)C(=O)c1sc2cnc(Nc3ccc(N4CCNCC4)cn3)cc2c1C1CCOC1. The summed E-state index contributed by atoms with van der Waals surface area (Å²) in [4.78, 5) is 27.2. The Labute approximate surface area is 198 Å². The van der Waals surface area contributed by atoms with Crippen LogP contribution < -0.4 is 15.5 Å². The molecule has 0 radical (unpaired) electrons. The van der Waals surface area contributed by atoms with E-state index in [1.807, 2.05) is 38.5 Å². The maximum atomic E-state index is 13.1. The first-order chi connectivity index (χ1) is 16.1. The van der Waals surface area contributed by atoms with E-state index in [1.54, 1.807) is 4.90 Å². The van der Waals surface area contributed by atoms with Crippen molar-refractivity contribution in [3.05, 3.63) is 41.0 Å². The van der Waals surface area contributed by atoms with E-state index in [9.17, 15) is 4.79 Å². The minimum Gasteiger partial charge on any atom is -0.381 e. The Morgan fingerprint density at radius 3 is 2.79 bits per heavy atom. The molecule has 5 heterocycles. The zero-order valence-electron chi connectivity index (χ0n) is 19.1. The fourth-order valence-corrected chi connectivity index (χ4v) is 5.67. The van der Waals surface area contributed by atoms with Crippen LogP contribution in [0.3, 0.4) is 0 Å². The van der Waals surface area contributed by atoms with Crippen LogP contribution in [0.15, 0.2) is 30.6 Å². The summed E-state index contributed by atoms with van der Waals surface area (Å²) in [6.45, 7) is 8.04. The van der Waals surface area contributed by atoms with Crippen LogP contribution in [0.5, 0.6) is 0 Å². The third kappa shape index (κ3) is 4.53. The lowest BCUT2D eigenvalue weighted by molar-refractivity contribution is 0.0805. The highest BCUT2D eigenvalue weighted by Crippen LogP contribution is 2.40. The molecule has 3 aromatic heterocycles. The number of carbonyl (C=O) groups is 1. The molecule has 0 aromatic carbocycles. The van der Waals surface area contributed by atoms with Crippen molar-refractivity contribution in [3.8, 4) is 0 Å². The lowest BCUT2D eigenvalue weighted by atomic mass is 9.95. The normalized spacial score (nSPS) is 18.6. The minimum atomic E-state index is 0.0697. The van der Waals surface area contributed by atoms with E-state index in [-0.39, 0.29) is 11.8 Å². The average Bonchev–Trinajstić information content (AvgIpc) is 3.51.